The third-order valence-electron chi connectivity index (χ3n) is 3.42. The molecule has 0 saturated carbocycles. The Morgan fingerprint density at radius 3 is 2.36 bits per heavy atom. The van der Waals surface area contributed by atoms with E-state index in [1.54, 1.807) is 11.4 Å². The van der Waals surface area contributed by atoms with Gasteiger partial charge in [0.2, 0.25) is 5.91 Å². The van der Waals surface area contributed by atoms with E-state index in [2.05, 4.69) is 10.6 Å². The zero-order chi connectivity index (χ0) is 18.3. The van der Waals surface area contributed by atoms with Crippen LogP contribution < -0.4 is 10.6 Å². The van der Waals surface area contributed by atoms with Crippen molar-refractivity contribution in [2.75, 3.05) is 6.54 Å². The van der Waals surface area contributed by atoms with Crippen LogP contribution in [0.2, 0.25) is 0 Å². The van der Waals surface area contributed by atoms with Crippen LogP contribution in [0.4, 0.5) is 13.2 Å². The fourth-order valence-electron chi connectivity index (χ4n) is 2.05. The molecule has 25 heavy (non-hydrogen) atoms. The fourth-order valence-corrected chi connectivity index (χ4v) is 2.68. The van der Waals surface area contributed by atoms with Gasteiger partial charge in [-0.05, 0) is 35.6 Å². The Balaban J connectivity index is 1.64. The van der Waals surface area contributed by atoms with Crippen molar-refractivity contribution >= 4 is 23.2 Å². The van der Waals surface area contributed by atoms with Crippen molar-refractivity contribution in [2.24, 2.45) is 0 Å². The summed E-state index contributed by atoms with van der Waals surface area (Å²) in [5.74, 6) is -0.393. The van der Waals surface area contributed by atoms with Gasteiger partial charge in [0.1, 0.15) is 0 Å². The van der Waals surface area contributed by atoms with E-state index < -0.39 is 11.7 Å². The highest BCUT2D eigenvalue weighted by molar-refractivity contribution is 7.08. The molecule has 0 spiro atoms. The van der Waals surface area contributed by atoms with Crippen LogP contribution in [0.5, 0.6) is 0 Å². The van der Waals surface area contributed by atoms with Gasteiger partial charge in [0, 0.05) is 30.5 Å². The van der Waals surface area contributed by atoms with E-state index in [0.717, 1.165) is 12.1 Å². The van der Waals surface area contributed by atoms with E-state index in [9.17, 15) is 22.8 Å². The molecule has 8 heteroatoms. The summed E-state index contributed by atoms with van der Waals surface area (Å²) >= 11 is 1.43. The second-order valence-corrected chi connectivity index (χ2v) is 6.12. The fraction of sp³-hybridized carbons (Fsp3) is 0.294. The Hall–Kier alpha value is -2.35. The lowest BCUT2D eigenvalue weighted by molar-refractivity contribution is -0.137. The van der Waals surface area contributed by atoms with E-state index in [4.69, 9.17) is 0 Å². The van der Waals surface area contributed by atoms with Crippen molar-refractivity contribution < 1.29 is 22.8 Å². The molecule has 2 amide bonds. The van der Waals surface area contributed by atoms with Crippen molar-refractivity contribution in [1.29, 1.82) is 0 Å². The van der Waals surface area contributed by atoms with Crippen LogP contribution in [0.15, 0.2) is 41.1 Å². The van der Waals surface area contributed by atoms with Crippen LogP contribution >= 0.6 is 11.3 Å². The largest absolute Gasteiger partial charge is 0.416 e. The van der Waals surface area contributed by atoms with Crippen molar-refractivity contribution in [3.63, 3.8) is 0 Å². The van der Waals surface area contributed by atoms with Gasteiger partial charge in [0.05, 0.1) is 5.56 Å². The molecule has 2 N–H and O–H groups in total. The predicted octanol–water partition coefficient (Wildman–Crippen LogP) is 3.59. The van der Waals surface area contributed by atoms with Gasteiger partial charge in [-0.1, -0.05) is 12.1 Å². The number of hydrogen-bond donors (Lipinski definition) is 2. The van der Waals surface area contributed by atoms with Crippen LogP contribution in [0.1, 0.15) is 34.3 Å². The maximum absolute atomic E-state index is 12.5. The topological polar surface area (TPSA) is 58.2 Å². The van der Waals surface area contributed by atoms with Crippen molar-refractivity contribution in [3.8, 4) is 0 Å². The predicted molar refractivity (Wildman–Crippen MR) is 89.2 cm³/mol. The Morgan fingerprint density at radius 1 is 1.04 bits per heavy atom. The van der Waals surface area contributed by atoms with Gasteiger partial charge in [0.25, 0.3) is 5.91 Å². The van der Waals surface area contributed by atoms with Gasteiger partial charge in [-0.2, -0.15) is 24.5 Å². The zero-order valence-electron chi connectivity index (χ0n) is 13.2. The van der Waals surface area contributed by atoms with Gasteiger partial charge in [-0.3, -0.25) is 9.59 Å². The van der Waals surface area contributed by atoms with Crippen molar-refractivity contribution in [3.05, 3.63) is 57.8 Å². The lowest BCUT2D eigenvalue weighted by Gasteiger charge is -2.09. The molecule has 0 aliphatic rings. The highest BCUT2D eigenvalue weighted by Gasteiger charge is 2.29. The number of hydrogen-bond acceptors (Lipinski definition) is 3. The van der Waals surface area contributed by atoms with Gasteiger partial charge < -0.3 is 10.6 Å². The van der Waals surface area contributed by atoms with Crippen molar-refractivity contribution in [1.82, 2.24) is 10.6 Å². The van der Waals surface area contributed by atoms with E-state index >= 15 is 0 Å². The molecule has 0 fully saturated rings. The molecule has 0 radical (unpaired) electrons. The standard InChI is InChI=1S/C17H17F3N2O2S/c18-17(19,20)14-5-3-12(4-6-14)10-22-15(23)2-1-8-21-16(24)13-7-9-25-11-13/h3-7,9,11H,1-2,8,10H2,(H,21,24)(H,22,23). The summed E-state index contributed by atoms with van der Waals surface area (Å²) in [6.07, 6.45) is -3.66. The van der Waals surface area contributed by atoms with Crippen molar-refractivity contribution in [2.45, 2.75) is 25.6 Å². The molecule has 0 atom stereocenters. The maximum atomic E-state index is 12.5. The minimum absolute atomic E-state index is 0.165. The second-order valence-electron chi connectivity index (χ2n) is 5.34. The Morgan fingerprint density at radius 2 is 1.76 bits per heavy atom. The lowest BCUT2D eigenvalue weighted by Crippen LogP contribution is -2.27. The first-order valence-corrected chi connectivity index (χ1v) is 8.54. The van der Waals surface area contributed by atoms with Crippen LogP contribution in [-0.4, -0.2) is 18.4 Å². The van der Waals surface area contributed by atoms with Crippen LogP contribution in [-0.2, 0) is 17.5 Å². The number of amides is 2. The van der Waals surface area contributed by atoms with E-state index in [1.165, 1.54) is 23.5 Å². The number of thiophene rings is 1. The zero-order valence-corrected chi connectivity index (χ0v) is 14.0. The van der Waals surface area contributed by atoms with Gasteiger partial charge in [0.15, 0.2) is 0 Å². The summed E-state index contributed by atoms with van der Waals surface area (Å²) in [5.41, 5.74) is 0.466. The van der Waals surface area contributed by atoms with Crippen LogP contribution in [0.3, 0.4) is 0 Å². The molecule has 0 unspecified atom stereocenters. The summed E-state index contributed by atoms with van der Waals surface area (Å²) in [7, 11) is 0. The Bertz CT molecular complexity index is 698. The molecule has 1 heterocycles. The van der Waals surface area contributed by atoms with Crippen LogP contribution in [0, 0.1) is 0 Å². The minimum Gasteiger partial charge on any atom is -0.352 e. The highest BCUT2D eigenvalue weighted by Crippen LogP contribution is 2.29. The average Bonchev–Trinajstić information content (AvgIpc) is 3.11. The van der Waals surface area contributed by atoms with Crippen LogP contribution in [0.25, 0.3) is 0 Å². The number of rotatable bonds is 7. The first kappa shape index (κ1) is 19.0. The molecule has 134 valence electrons. The molecular formula is C17H17F3N2O2S. The summed E-state index contributed by atoms with van der Waals surface area (Å²) in [6, 6.07) is 6.37. The Labute approximate surface area is 147 Å². The molecule has 0 aliphatic heterocycles. The molecule has 1 aromatic heterocycles. The first-order valence-electron chi connectivity index (χ1n) is 7.59. The SMILES string of the molecule is O=C(CCCNC(=O)c1ccsc1)NCc1ccc(C(F)(F)F)cc1. The third kappa shape index (κ3) is 6.22. The number of alkyl halides is 3. The second kappa shape index (κ2) is 8.66. The molecule has 0 bridgehead atoms. The smallest absolute Gasteiger partial charge is 0.352 e. The molecule has 4 nitrogen and oxygen atoms in total. The summed E-state index contributed by atoms with van der Waals surface area (Å²) in [6.45, 7) is 0.542. The number of carbonyl (C=O) groups excluding carboxylic acids is 2. The number of carbonyl (C=O) groups is 2. The third-order valence-corrected chi connectivity index (χ3v) is 4.10. The lowest BCUT2D eigenvalue weighted by atomic mass is 10.1. The van der Waals surface area contributed by atoms with E-state index in [1.807, 2.05) is 5.38 Å². The normalized spacial score (nSPS) is 11.2. The quantitative estimate of drug-likeness (QED) is 0.732. The maximum Gasteiger partial charge on any atom is 0.416 e. The summed E-state index contributed by atoms with van der Waals surface area (Å²) in [5, 5.41) is 8.91. The minimum atomic E-state index is -4.37. The average molecular weight is 370 g/mol. The molecule has 0 saturated heterocycles. The van der Waals surface area contributed by atoms with Gasteiger partial charge >= 0.3 is 6.18 Å². The summed E-state index contributed by atoms with van der Waals surface area (Å²) in [4.78, 5) is 23.4. The number of nitrogens with one attached hydrogen (secondary N) is 2. The first-order chi connectivity index (χ1) is 11.9. The number of benzene rings is 1. The van der Waals surface area contributed by atoms with E-state index in [0.29, 0.717) is 24.1 Å². The van der Waals surface area contributed by atoms with E-state index in [-0.39, 0.29) is 24.8 Å². The number of halogens is 3. The van der Waals surface area contributed by atoms with Gasteiger partial charge in [-0.15, -0.1) is 0 Å². The molecule has 1 aromatic carbocycles. The Kier molecular flexibility index (Phi) is 6.58. The molecular weight excluding hydrogens is 353 g/mol. The van der Waals surface area contributed by atoms with Gasteiger partial charge in [-0.25, -0.2) is 0 Å². The molecule has 2 rings (SSSR count). The molecule has 2 aromatic rings. The monoisotopic (exact) mass is 370 g/mol. The highest BCUT2D eigenvalue weighted by atomic mass is 32.1. The molecule has 0 aliphatic carbocycles. The summed E-state index contributed by atoms with van der Waals surface area (Å²) < 4.78 is 37.4.